The van der Waals surface area contributed by atoms with Crippen molar-refractivity contribution in [2.45, 2.75) is 12.8 Å². The fourth-order valence-corrected chi connectivity index (χ4v) is 3.49. The van der Waals surface area contributed by atoms with Crippen molar-refractivity contribution < 1.29 is 5.11 Å². The normalized spacial score (nSPS) is 17.6. The topological polar surface area (TPSA) is 78.0 Å². The van der Waals surface area contributed by atoms with E-state index in [1.54, 1.807) is 18.3 Å². The van der Waals surface area contributed by atoms with Crippen LogP contribution in [0.5, 0.6) is 0 Å². The van der Waals surface area contributed by atoms with Crippen molar-refractivity contribution in [3.05, 3.63) is 48.2 Å². The van der Waals surface area contributed by atoms with Crippen LogP contribution in [0.3, 0.4) is 0 Å². The Balaban J connectivity index is 1.91. The van der Waals surface area contributed by atoms with Crippen molar-refractivity contribution in [1.29, 1.82) is 5.26 Å². The molecular formula is C19H19N5O. The van der Waals surface area contributed by atoms with Crippen LogP contribution >= 0.6 is 0 Å². The van der Waals surface area contributed by atoms with Crippen molar-refractivity contribution in [2.75, 3.05) is 24.6 Å². The molecule has 3 aromatic rings. The van der Waals surface area contributed by atoms with Gasteiger partial charge >= 0.3 is 0 Å². The van der Waals surface area contributed by atoms with Crippen molar-refractivity contribution in [2.24, 2.45) is 5.92 Å². The number of piperidine rings is 1. The van der Waals surface area contributed by atoms with Crippen molar-refractivity contribution in [1.82, 2.24) is 14.5 Å². The molecule has 0 aliphatic carbocycles. The molecule has 4 rings (SSSR count). The lowest BCUT2D eigenvalue weighted by molar-refractivity contribution is 0.208. The summed E-state index contributed by atoms with van der Waals surface area (Å²) in [6.07, 6.45) is 3.74. The number of aromatic nitrogens is 3. The Morgan fingerprint density at radius 2 is 2.12 bits per heavy atom. The van der Waals surface area contributed by atoms with E-state index in [0.29, 0.717) is 11.4 Å². The molecule has 1 aromatic carbocycles. The zero-order valence-electron chi connectivity index (χ0n) is 13.8. The lowest BCUT2D eigenvalue weighted by atomic mass is 9.99. The molecule has 0 unspecified atom stereocenters. The maximum absolute atomic E-state index is 9.55. The second kappa shape index (κ2) is 6.54. The fraction of sp³-hybridized carbons (Fsp3) is 0.316. The van der Waals surface area contributed by atoms with Gasteiger partial charge in [-0.15, -0.1) is 0 Å². The number of nitrogens with zero attached hydrogens (tertiary/aromatic N) is 5. The Morgan fingerprint density at radius 1 is 1.24 bits per heavy atom. The maximum Gasteiger partial charge on any atom is 0.212 e. The number of anilines is 1. The summed E-state index contributed by atoms with van der Waals surface area (Å²) in [5, 5.41) is 19.1. The van der Waals surface area contributed by atoms with Crippen LogP contribution in [0.25, 0.3) is 16.9 Å². The first kappa shape index (κ1) is 15.6. The third-order valence-electron chi connectivity index (χ3n) is 4.72. The van der Waals surface area contributed by atoms with E-state index < -0.39 is 0 Å². The number of benzene rings is 1. The summed E-state index contributed by atoms with van der Waals surface area (Å²) in [5.41, 5.74) is 2.32. The minimum atomic E-state index is 0.184. The first-order valence-corrected chi connectivity index (χ1v) is 8.50. The predicted octanol–water partition coefficient (Wildman–Crippen LogP) is 2.50. The number of rotatable bonds is 3. The average molecular weight is 333 g/mol. The largest absolute Gasteiger partial charge is 0.396 e. The van der Waals surface area contributed by atoms with Crippen LogP contribution in [-0.2, 0) is 0 Å². The molecule has 1 fully saturated rings. The monoisotopic (exact) mass is 333 g/mol. The molecule has 126 valence electrons. The number of imidazole rings is 1. The smallest absolute Gasteiger partial charge is 0.212 e. The Morgan fingerprint density at radius 3 is 2.96 bits per heavy atom. The summed E-state index contributed by atoms with van der Waals surface area (Å²) >= 11 is 0. The zero-order valence-corrected chi connectivity index (χ0v) is 13.8. The third-order valence-corrected chi connectivity index (χ3v) is 4.72. The molecule has 0 bridgehead atoms. The summed E-state index contributed by atoms with van der Waals surface area (Å²) < 4.78 is 1.97. The summed E-state index contributed by atoms with van der Waals surface area (Å²) in [7, 11) is 0. The van der Waals surface area contributed by atoms with E-state index in [2.05, 4.69) is 16.0 Å². The first-order valence-electron chi connectivity index (χ1n) is 8.50. The van der Waals surface area contributed by atoms with E-state index >= 15 is 0 Å². The number of hydrogen-bond acceptors (Lipinski definition) is 5. The van der Waals surface area contributed by atoms with Gasteiger partial charge in [-0.25, -0.2) is 9.97 Å². The quantitative estimate of drug-likeness (QED) is 0.797. The highest BCUT2D eigenvalue weighted by molar-refractivity contribution is 5.81. The first-order chi connectivity index (χ1) is 12.3. The molecule has 0 saturated carbocycles. The van der Waals surface area contributed by atoms with Crippen LogP contribution in [0.15, 0.2) is 42.6 Å². The van der Waals surface area contributed by atoms with Gasteiger partial charge in [-0.2, -0.15) is 5.26 Å². The van der Waals surface area contributed by atoms with Crippen LogP contribution in [0.2, 0.25) is 0 Å². The van der Waals surface area contributed by atoms with Gasteiger partial charge < -0.3 is 10.0 Å². The van der Waals surface area contributed by atoms with Gasteiger partial charge in [-0.1, -0.05) is 12.1 Å². The highest BCUT2D eigenvalue weighted by atomic mass is 16.3. The molecule has 6 heteroatoms. The lowest BCUT2D eigenvalue weighted by Gasteiger charge is -2.32. The van der Waals surface area contributed by atoms with E-state index in [1.165, 1.54) is 0 Å². The van der Waals surface area contributed by atoms with Gasteiger partial charge in [0.2, 0.25) is 5.95 Å². The van der Waals surface area contributed by atoms with Gasteiger partial charge in [0.1, 0.15) is 6.07 Å². The second-order valence-corrected chi connectivity index (χ2v) is 6.36. The molecule has 0 amide bonds. The number of pyridine rings is 1. The van der Waals surface area contributed by atoms with Gasteiger partial charge in [0.15, 0.2) is 5.82 Å². The number of aliphatic hydroxyl groups excluding tert-OH is 1. The number of aliphatic hydroxyl groups is 1. The van der Waals surface area contributed by atoms with Gasteiger partial charge in [0.05, 0.1) is 16.6 Å². The molecule has 25 heavy (non-hydrogen) atoms. The lowest BCUT2D eigenvalue weighted by Crippen LogP contribution is -2.38. The summed E-state index contributed by atoms with van der Waals surface area (Å²) in [6.45, 7) is 1.83. The van der Waals surface area contributed by atoms with Crippen LogP contribution in [0, 0.1) is 17.2 Å². The molecule has 6 nitrogen and oxygen atoms in total. The Bertz CT molecular complexity index is 942. The zero-order chi connectivity index (χ0) is 17.2. The third kappa shape index (κ3) is 2.73. The molecule has 3 heterocycles. The number of fused-ring (bicyclic) bond motifs is 1. The Hall–Kier alpha value is -2.91. The van der Waals surface area contributed by atoms with Crippen LogP contribution in [0.1, 0.15) is 18.4 Å². The van der Waals surface area contributed by atoms with E-state index in [4.69, 9.17) is 4.98 Å². The molecule has 1 N–H and O–H groups in total. The standard InChI is InChI=1S/C19H19N5O/c20-11-15-6-3-9-21-18(15)24-17-8-2-1-7-16(17)22-19(24)23-10-4-5-14(12-23)13-25/h1-3,6-9,14,25H,4-5,10,12-13H2/t14-/m0/s1. The fourth-order valence-electron chi connectivity index (χ4n) is 3.49. The SMILES string of the molecule is N#Cc1cccnc1-n1c(N2CCC[C@H](CO)C2)nc2ccccc21. The van der Waals surface area contributed by atoms with Crippen molar-refractivity contribution >= 4 is 17.0 Å². The maximum atomic E-state index is 9.55. The number of para-hydroxylation sites is 2. The van der Waals surface area contributed by atoms with E-state index in [-0.39, 0.29) is 12.5 Å². The number of hydrogen-bond donors (Lipinski definition) is 1. The minimum Gasteiger partial charge on any atom is -0.396 e. The van der Waals surface area contributed by atoms with Crippen LogP contribution in [-0.4, -0.2) is 39.3 Å². The molecule has 1 atom stereocenters. The molecule has 2 aromatic heterocycles. The van der Waals surface area contributed by atoms with Crippen LogP contribution < -0.4 is 4.90 Å². The number of nitriles is 1. The van der Waals surface area contributed by atoms with Crippen molar-refractivity contribution in [3.8, 4) is 11.9 Å². The van der Waals surface area contributed by atoms with Gasteiger partial charge in [-0.05, 0) is 43.0 Å². The summed E-state index contributed by atoms with van der Waals surface area (Å²) in [5.74, 6) is 1.63. The van der Waals surface area contributed by atoms with Crippen LogP contribution in [0.4, 0.5) is 5.95 Å². The second-order valence-electron chi connectivity index (χ2n) is 6.36. The minimum absolute atomic E-state index is 0.184. The van der Waals surface area contributed by atoms with Gasteiger partial charge in [-0.3, -0.25) is 4.57 Å². The predicted molar refractivity (Wildman–Crippen MR) is 95.6 cm³/mol. The average Bonchev–Trinajstić information content (AvgIpc) is 3.07. The van der Waals surface area contributed by atoms with Gasteiger partial charge in [0.25, 0.3) is 0 Å². The summed E-state index contributed by atoms with van der Waals surface area (Å²) in [6, 6.07) is 13.7. The van der Waals surface area contributed by atoms with E-state index in [0.717, 1.165) is 42.9 Å². The molecule has 0 radical (unpaired) electrons. The molecule has 1 saturated heterocycles. The highest BCUT2D eigenvalue weighted by Gasteiger charge is 2.25. The van der Waals surface area contributed by atoms with E-state index in [1.807, 2.05) is 28.8 Å². The Labute approximate surface area is 146 Å². The van der Waals surface area contributed by atoms with Crippen molar-refractivity contribution in [3.63, 3.8) is 0 Å². The molecule has 1 aliphatic heterocycles. The van der Waals surface area contributed by atoms with Gasteiger partial charge in [0, 0.05) is 25.9 Å². The highest BCUT2D eigenvalue weighted by Crippen LogP contribution is 2.30. The molecular weight excluding hydrogens is 314 g/mol. The molecule has 1 aliphatic rings. The molecule has 0 spiro atoms. The van der Waals surface area contributed by atoms with E-state index in [9.17, 15) is 10.4 Å². The Kier molecular flexibility index (Phi) is 4.08. The summed E-state index contributed by atoms with van der Waals surface area (Å²) in [4.78, 5) is 11.5.